The molecule has 3 aromatic rings. The Hall–Kier alpha value is -1.67. The van der Waals surface area contributed by atoms with E-state index < -0.39 is 17.0 Å². The van der Waals surface area contributed by atoms with Crippen LogP contribution in [0, 0.1) is 3.70 Å². The van der Waals surface area contributed by atoms with Gasteiger partial charge < -0.3 is 18.9 Å². The monoisotopic (exact) mass is 636 g/mol. The molecule has 0 radical (unpaired) electrons. The maximum absolute atomic E-state index is 13.1. The normalized spacial score (nSPS) is 24.3. The summed E-state index contributed by atoms with van der Waals surface area (Å²) in [7, 11) is 0. The molecule has 3 aliphatic rings. The predicted octanol–water partition coefficient (Wildman–Crippen LogP) is 4.65. The zero-order valence-electron chi connectivity index (χ0n) is 21.4. The maximum Gasteiger partial charge on any atom is 0.182 e. The summed E-state index contributed by atoms with van der Waals surface area (Å²) in [6.07, 6.45) is 6.48. The van der Waals surface area contributed by atoms with Gasteiger partial charge in [0.2, 0.25) is 0 Å². The van der Waals surface area contributed by atoms with E-state index in [2.05, 4.69) is 38.3 Å². The number of nitrogens with zero attached hydrogens (tertiary/aromatic N) is 5. The van der Waals surface area contributed by atoms with E-state index in [4.69, 9.17) is 24.5 Å². The van der Waals surface area contributed by atoms with Crippen molar-refractivity contribution in [1.82, 2.24) is 24.5 Å². The first-order chi connectivity index (χ1) is 17.7. The lowest BCUT2D eigenvalue weighted by Gasteiger charge is -2.42. The smallest absolute Gasteiger partial charge is 0.182 e. The fourth-order valence-corrected chi connectivity index (χ4v) is 6.99. The Kier molecular flexibility index (Phi) is 6.79. The number of para-hydroxylation sites is 1. The van der Waals surface area contributed by atoms with Gasteiger partial charge in [0.05, 0.1) is 6.20 Å². The van der Waals surface area contributed by atoms with E-state index in [1.165, 1.54) is 0 Å². The van der Waals surface area contributed by atoms with Crippen LogP contribution in [0.4, 0.5) is 5.82 Å². The third-order valence-electron chi connectivity index (χ3n) is 7.56. The van der Waals surface area contributed by atoms with Gasteiger partial charge in [-0.1, -0.05) is 18.2 Å². The molecule has 1 N–H and O–H groups in total. The fraction of sp³-hybridized carbons (Fsp3) is 0.577. The molecule has 2 fully saturated rings. The number of nitrogens with one attached hydrogen (secondary N) is 1. The number of benzene rings is 1. The van der Waals surface area contributed by atoms with Gasteiger partial charge in [0, 0.05) is 49.5 Å². The highest BCUT2D eigenvalue weighted by Gasteiger charge is 2.53. The molecule has 0 saturated carbocycles. The maximum atomic E-state index is 13.1. The summed E-state index contributed by atoms with van der Waals surface area (Å²) in [5.41, 5.74) is 2.22. The van der Waals surface area contributed by atoms with E-state index in [1.54, 1.807) is 0 Å². The number of aromatic nitrogens is 4. The summed E-state index contributed by atoms with van der Waals surface area (Å²) >= 11 is 1.01. The molecule has 2 aromatic heterocycles. The van der Waals surface area contributed by atoms with E-state index in [-0.39, 0.29) is 17.0 Å². The minimum atomic E-state index is -1.21. The van der Waals surface area contributed by atoms with Crippen molar-refractivity contribution in [2.24, 2.45) is 0 Å². The highest BCUT2D eigenvalue weighted by atomic mass is 127. The van der Waals surface area contributed by atoms with Gasteiger partial charge in [-0.05, 0) is 68.7 Å². The fourth-order valence-electron chi connectivity index (χ4n) is 5.47. The summed E-state index contributed by atoms with van der Waals surface area (Å²) in [5, 5.41) is 4.72. The molecule has 3 aliphatic heterocycles. The van der Waals surface area contributed by atoms with E-state index in [1.807, 2.05) is 49.8 Å². The highest BCUT2D eigenvalue weighted by molar-refractivity contribution is 14.1. The van der Waals surface area contributed by atoms with Crippen molar-refractivity contribution in [3.05, 3.63) is 39.7 Å². The number of hydrogen-bond acceptors (Lipinski definition) is 8. The van der Waals surface area contributed by atoms with Crippen molar-refractivity contribution in [3.8, 4) is 5.75 Å². The van der Waals surface area contributed by atoms with Gasteiger partial charge in [-0.3, -0.25) is 0 Å². The SMILES string of the molecule is CC(C)(C)[S@@+]([O-])N[C@@H]1c2ccccc2OC12CCN(c1cnc3c(I)nn(C4CCCCO4)c3n1)CC2. The number of rotatable bonds is 4. The number of hydrogen-bond donors (Lipinski definition) is 1. The summed E-state index contributed by atoms with van der Waals surface area (Å²) in [4.78, 5) is 12.0. The highest BCUT2D eigenvalue weighted by Crippen LogP contribution is 2.49. The minimum Gasteiger partial charge on any atom is -0.598 e. The van der Waals surface area contributed by atoms with Crippen molar-refractivity contribution < 1.29 is 14.0 Å². The van der Waals surface area contributed by atoms with Crippen LogP contribution in [0.5, 0.6) is 5.75 Å². The van der Waals surface area contributed by atoms with E-state index in [0.717, 1.165) is 83.8 Å². The molecular formula is C26H33IN6O3S. The lowest BCUT2D eigenvalue weighted by molar-refractivity contribution is -0.0372. The molecule has 2 saturated heterocycles. The average molecular weight is 637 g/mol. The Morgan fingerprint density at radius 3 is 2.70 bits per heavy atom. The van der Waals surface area contributed by atoms with Crippen LogP contribution in [0.1, 0.15) is 70.7 Å². The number of anilines is 1. The molecule has 37 heavy (non-hydrogen) atoms. The number of fused-ring (bicyclic) bond motifs is 2. The second-order valence-electron chi connectivity index (χ2n) is 11.1. The quantitative estimate of drug-likeness (QED) is 0.327. The van der Waals surface area contributed by atoms with Crippen LogP contribution in [-0.4, -0.2) is 54.3 Å². The van der Waals surface area contributed by atoms with Crippen LogP contribution in [0.2, 0.25) is 0 Å². The second kappa shape index (κ2) is 9.82. The Morgan fingerprint density at radius 2 is 1.97 bits per heavy atom. The van der Waals surface area contributed by atoms with Gasteiger partial charge in [-0.15, -0.1) is 4.72 Å². The van der Waals surface area contributed by atoms with Crippen molar-refractivity contribution in [1.29, 1.82) is 0 Å². The molecule has 3 atom stereocenters. The number of ether oxygens (including phenoxy) is 2. The molecule has 9 nitrogen and oxygen atoms in total. The second-order valence-corrected chi connectivity index (χ2v) is 14.1. The molecule has 5 heterocycles. The van der Waals surface area contributed by atoms with Crippen molar-refractivity contribution >= 4 is 50.9 Å². The lowest BCUT2D eigenvalue weighted by Crippen LogP contribution is -2.55. The first kappa shape index (κ1) is 25.6. The first-order valence-electron chi connectivity index (χ1n) is 13.0. The van der Waals surface area contributed by atoms with Crippen molar-refractivity contribution in [2.45, 2.75) is 75.5 Å². The molecule has 1 aromatic carbocycles. The third kappa shape index (κ3) is 4.70. The lowest BCUT2D eigenvalue weighted by atomic mass is 9.83. The molecule has 0 bridgehead atoms. The van der Waals surface area contributed by atoms with Gasteiger partial charge in [-0.2, -0.15) is 5.10 Å². The van der Waals surface area contributed by atoms with Crippen LogP contribution in [0.3, 0.4) is 0 Å². The molecule has 6 rings (SSSR count). The van der Waals surface area contributed by atoms with Gasteiger partial charge in [0.25, 0.3) is 0 Å². The van der Waals surface area contributed by atoms with E-state index >= 15 is 0 Å². The third-order valence-corrected chi connectivity index (χ3v) is 9.85. The zero-order valence-corrected chi connectivity index (χ0v) is 24.4. The topological polar surface area (TPSA) is 100 Å². The van der Waals surface area contributed by atoms with Crippen LogP contribution in [0.15, 0.2) is 30.5 Å². The average Bonchev–Trinajstić information content (AvgIpc) is 3.38. The van der Waals surface area contributed by atoms with E-state index in [0.29, 0.717) is 0 Å². The van der Waals surface area contributed by atoms with Crippen molar-refractivity contribution in [2.75, 3.05) is 24.6 Å². The summed E-state index contributed by atoms with van der Waals surface area (Å²) in [6, 6.07) is 7.99. The zero-order chi connectivity index (χ0) is 25.8. The van der Waals surface area contributed by atoms with Gasteiger partial charge in [-0.25, -0.2) is 14.6 Å². The van der Waals surface area contributed by atoms with Crippen LogP contribution in [0.25, 0.3) is 11.2 Å². The molecular weight excluding hydrogens is 603 g/mol. The minimum absolute atomic E-state index is 0.0881. The van der Waals surface area contributed by atoms with Gasteiger partial charge >= 0.3 is 0 Å². The predicted molar refractivity (Wildman–Crippen MR) is 152 cm³/mol. The Morgan fingerprint density at radius 1 is 1.19 bits per heavy atom. The summed E-state index contributed by atoms with van der Waals surface area (Å²) in [5.74, 6) is 1.72. The molecule has 11 heteroatoms. The van der Waals surface area contributed by atoms with E-state index in [9.17, 15) is 4.55 Å². The molecule has 1 unspecified atom stereocenters. The summed E-state index contributed by atoms with van der Waals surface area (Å²) in [6.45, 7) is 8.26. The molecule has 0 amide bonds. The number of piperidine rings is 1. The Labute approximate surface area is 234 Å². The van der Waals surface area contributed by atoms with Gasteiger partial charge in [0.1, 0.15) is 33.5 Å². The standard InChI is InChI=1S/C26H33IN6O3S/c1-25(2,3)37(34)31-22-17-8-4-5-9-18(17)36-26(22)11-13-32(14-12-26)19-16-28-21-23(27)30-33(24(21)29-19)20-10-6-7-15-35-20/h4-5,8-9,16,20,22,31H,6-7,10-15H2,1-3H3/t20?,22-,37-/m1/s1. The van der Waals surface area contributed by atoms with Crippen LogP contribution < -0.4 is 14.4 Å². The molecule has 1 spiro atoms. The largest absolute Gasteiger partial charge is 0.598 e. The number of halogens is 1. The van der Waals surface area contributed by atoms with Gasteiger partial charge in [0.15, 0.2) is 15.6 Å². The summed E-state index contributed by atoms with van der Waals surface area (Å²) < 4.78 is 31.6. The molecule has 0 aliphatic carbocycles. The Bertz CT molecular complexity index is 1280. The van der Waals surface area contributed by atoms with Crippen LogP contribution in [-0.2, 0) is 16.1 Å². The first-order valence-corrected chi connectivity index (χ1v) is 15.2. The van der Waals surface area contributed by atoms with Crippen molar-refractivity contribution in [3.63, 3.8) is 0 Å². The Balaban J connectivity index is 1.25. The molecule has 198 valence electrons. The van der Waals surface area contributed by atoms with Crippen LogP contribution >= 0.6 is 22.6 Å².